The van der Waals surface area contributed by atoms with Gasteiger partial charge < -0.3 is 10.4 Å². The van der Waals surface area contributed by atoms with Gasteiger partial charge in [-0.15, -0.1) is 0 Å². The van der Waals surface area contributed by atoms with Gasteiger partial charge in [-0.1, -0.05) is 13.3 Å². The summed E-state index contributed by atoms with van der Waals surface area (Å²) in [6.45, 7) is 4.05. The van der Waals surface area contributed by atoms with E-state index in [9.17, 15) is 0 Å². The fraction of sp³-hybridized carbons (Fsp3) is 1.00. The molecule has 9 heavy (non-hydrogen) atoms. The van der Waals surface area contributed by atoms with E-state index in [0.29, 0.717) is 5.92 Å². The van der Waals surface area contributed by atoms with Crippen molar-refractivity contribution in [3.8, 4) is 0 Å². The van der Waals surface area contributed by atoms with Crippen LogP contribution in [-0.4, -0.2) is 24.3 Å². The number of aliphatic hydroxyl groups is 1. The zero-order valence-electron chi connectivity index (χ0n) is 5.93. The molecule has 2 unspecified atom stereocenters. The minimum Gasteiger partial charge on any atom is -0.392 e. The Balaban J connectivity index is 2.23. The van der Waals surface area contributed by atoms with Crippen molar-refractivity contribution in [2.45, 2.75) is 25.9 Å². The molecule has 1 heterocycles. The number of nitrogens with one attached hydrogen (secondary N) is 1. The summed E-state index contributed by atoms with van der Waals surface area (Å²) in [6.07, 6.45) is 2.08. The van der Waals surface area contributed by atoms with Gasteiger partial charge in [0.1, 0.15) is 0 Å². The molecule has 2 heteroatoms. The van der Waals surface area contributed by atoms with Gasteiger partial charge in [0, 0.05) is 6.54 Å². The highest BCUT2D eigenvalue weighted by Gasteiger charge is 2.17. The maximum atomic E-state index is 9.15. The van der Waals surface area contributed by atoms with Crippen molar-refractivity contribution < 1.29 is 5.11 Å². The van der Waals surface area contributed by atoms with Crippen LogP contribution < -0.4 is 5.32 Å². The molecule has 1 aliphatic heterocycles. The molecule has 0 aromatic rings. The molecule has 1 rings (SSSR count). The minimum atomic E-state index is -0.0938. The van der Waals surface area contributed by atoms with E-state index in [0.717, 1.165) is 19.5 Å². The topological polar surface area (TPSA) is 32.3 Å². The smallest absolute Gasteiger partial charge is 0.0667 e. The molecule has 0 aromatic heterocycles. The molecule has 1 aliphatic rings. The second kappa shape index (κ2) is 3.18. The molecule has 0 amide bonds. The number of piperidine rings is 1. The fourth-order valence-electron chi connectivity index (χ4n) is 1.32. The first-order valence-corrected chi connectivity index (χ1v) is 3.71. The largest absolute Gasteiger partial charge is 0.392 e. The van der Waals surface area contributed by atoms with E-state index in [1.807, 2.05) is 0 Å². The molecule has 2 N–H and O–H groups in total. The van der Waals surface area contributed by atoms with Crippen molar-refractivity contribution in [2.75, 3.05) is 13.1 Å². The summed E-state index contributed by atoms with van der Waals surface area (Å²) in [4.78, 5) is 0. The quantitative estimate of drug-likeness (QED) is 0.536. The molecule has 0 bridgehead atoms. The van der Waals surface area contributed by atoms with Gasteiger partial charge in [-0.2, -0.15) is 0 Å². The van der Waals surface area contributed by atoms with E-state index in [-0.39, 0.29) is 6.10 Å². The van der Waals surface area contributed by atoms with Gasteiger partial charge in [0.2, 0.25) is 0 Å². The third kappa shape index (κ3) is 1.95. The molecule has 0 aliphatic carbocycles. The molecule has 0 aromatic carbocycles. The third-order valence-corrected chi connectivity index (χ3v) is 2.00. The van der Waals surface area contributed by atoms with E-state index < -0.39 is 0 Å². The Morgan fingerprint density at radius 1 is 1.56 bits per heavy atom. The summed E-state index contributed by atoms with van der Waals surface area (Å²) < 4.78 is 0. The third-order valence-electron chi connectivity index (χ3n) is 2.00. The van der Waals surface area contributed by atoms with Crippen LogP contribution in [0.2, 0.25) is 0 Å². The molecule has 0 saturated carbocycles. The second-order valence-electron chi connectivity index (χ2n) is 2.82. The van der Waals surface area contributed by atoms with E-state index in [1.54, 1.807) is 0 Å². The van der Waals surface area contributed by atoms with E-state index >= 15 is 0 Å². The Morgan fingerprint density at radius 2 is 2.33 bits per heavy atom. The van der Waals surface area contributed by atoms with E-state index in [4.69, 9.17) is 5.11 Å². The van der Waals surface area contributed by atoms with Gasteiger partial charge >= 0.3 is 0 Å². The summed E-state index contributed by atoms with van der Waals surface area (Å²) >= 11 is 0. The molecule has 1 saturated heterocycles. The molecule has 2 nitrogen and oxygen atoms in total. The Kier molecular flexibility index (Phi) is 2.49. The van der Waals surface area contributed by atoms with Gasteiger partial charge in [0.05, 0.1) is 6.10 Å². The van der Waals surface area contributed by atoms with Crippen LogP contribution in [-0.2, 0) is 0 Å². The lowest BCUT2D eigenvalue weighted by molar-refractivity contribution is 0.113. The van der Waals surface area contributed by atoms with Crippen LogP contribution in [0.25, 0.3) is 0 Å². The Labute approximate surface area is 56.3 Å². The average molecular weight is 129 g/mol. The molecule has 0 spiro atoms. The number of hydrogen-bond acceptors (Lipinski definition) is 2. The maximum Gasteiger partial charge on any atom is 0.0667 e. The summed E-state index contributed by atoms with van der Waals surface area (Å²) in [6, 6.07) is 0. The maximum absolute atomic E-state index is 9.15. The first-order chi connectivity index (χ1) is 4.33. The minimum absolute atomic E-state index is 0.0938. The van der Waals surface area contributed by atoms with Gasteiger partial charge in [-0.05, 0) is 18.9 Å². The Hall–Kier alpha value is -0.0800. The molecular weight excluding hydrogens is 114 g/mol. The van der Waals surface area contributed by atoms with Crippen molar-refractivity contribution in [3.63, 3.8) is 0 Å². The molecule has 54 valence electrons. The lowest BCUT2D eigenvalue weighted by Gasteiger charge is -2.25. The number of β-amino-alcohol motifs (C(OH)–C–C–N with tert-alkyl or cyclic N) is 1. The van der Waals surface area contributed by atoms with Crippen LogP contribution in [0.1, 0.15) is 19.8 Å². The summed E-state index contributed by atoms with van der Waals surface area (Å²) in [5.41, 5.74) is 0. The highest BCUT2D eigenvalue weighted by Crippen LogP contribution is 2.12. The Bertz CT molecular complexity index is 85.0. The zero-order chi connectivity index (χ0) is 6.69. The van der Waals surface area contributed by atoms with Gasteiger partial charge in [-0.25, -0.2) is 0 Å². The summed E-state index contributed by atoms with van der Waals surface area (Å²) in [5.74, 6) is 0.703. The van der Waals surface area contributed by atoms with Crippen molar-refractivity contribution in [1.82, 2.24) is 5.32 Å². The number of aliphatic hydroxyl groups excluding tert-OH is 1. The van der Waals surface area contributed by atoms with Crippen LogP contribution in [0.3, 0.4) is 0 Å². The summed E-state index contributed by atoms with van der Waals surface area (Å²) in [5, 5.41) is 12.3. The first-order valence-electron chi connectivity index (χ1n) is 3.71. The first kappa shape index (κ1) is 7.03. The SMILES string of the molecule is CCC1CNCC(O)C1. The molecule has 2 atom stereocenters. The Morgan fingerprint density at radius 3 is 2.78 bits per heavy atom. The van der Waals surface area contributed by atoms with Gasteiger partial charge in [0.15, 0.2) is 0 Å². The lowest BCUT2D eigenvalue weighted by Crippen LogP contribution is -2.38. The molecule has 1 fully saturated rings. The van der Waals surface area contributed by atoms with E-state index in [2.05, 4.69) is 12.2 Å². The van der Waals surface area contributed by atoms with Crippen LogP contribution in [0.5, 0.6) is 0 Å². The standard InChI is InChI=1S/C7H15NO/c1-2-6-3-7(9)5-8-4-6/h6-9H,2-5H2,1H3. The van der Waals surface area contributed by atoms with Gasteiger partial charge in [0.25, 0.3) is 0 Å². The van der Waals surface area contributed by atoms with E-state index in [1.165, 1.54) is 6.42 Å². The highest BCUT2D eigenvalue weighted by molar-refractivity contribution is 4.73. The van der Waals surface area contributed by atoms with Crippen LogP contribution in [0.15, 0.2) is 0 Å². The van der Waals surface area contributed by atoms with Crippen molar-refractivity contribution in [2.24, 2.45) is 5.92 Å². The number of hydrogen-bond donors (Lipinski definition) is 2. The lowest BCUT2D eigenvalue weighted by atomic mass is 9.95. The predicted octanol–water partition coefficient (Wildman–Crippen LogP) is 0.367. The zero-order valence-corrected chi connectivity index (χ0v) is 5.93. The fourth-order valence-corrected chi connectivity index (χ4v) is 1.32. The van der Waals surface area contributed by atoms with Crippen molar-refractivity contribution in [1.29, 1.82) is 0 Å². The van der Waals surface area contributed by atoms with Crippen LogP contribution in [0.4, 0.5) is 0 Å². The monoisotopic (exact) mass is 129 g/mol. The van der Waals surface area contributed by atoms with Crippen molar-refractivity contribution in [3.05, 3.63) is 0 Å². The van der Waals surface area contributed by atoms with Crippen LogP contribution >= 0.6 is 0 Å². The molecular formula is C7H15NO. The number of rotatable bonds is 1. The summed E-state index contributed by atoms with van der Waals surface area (Å²) in [7, 11) is 0. The second-order valence-corrected chi connectivity index (χ2v) is 2.82. The van der Waals surface area contributed by atoms with Crippen molar-refractivity contribution >= 4 is 0 Å². The highest BCUT2D eigenvalue weighted by atomic mass is 16.3. The average Bonchev–Trinajstić information content (AvgIpc) is 1.88. The predicted molar refractivity (Wildman–Crippen MR) is 37.3 cm³/mol. The molecule has 0 radical (unpaired) electrons. The normalized spacial score (nSPS) is 36.7. The van der Waals surface area contributed by atoms with Gasteiger partial charge in [-0.3, -0.25) is 0 Å². The van der Waals surface area contributed by atoms with Crippen LogP contribution in [0, 0.1) is 5.92 Å².